The second-order valence-electron chi connectivity index (χ2n) is 7.30. The molecule has 0 bridgehead atoms. The summed E-state index contributed by atoms with van der Waals surface area (Å²) < 4.78 is 6.69. The molecule has 7 heteroatoms. The van der Waals surface area contributed by atoms with Crippen molar-refractivity contribution in [2.75, 3.05) is 13.1 Å². The van der Waals surface area contributed by atoms with Gasteiger partial charge in [-0.15, -0.1) is 11.3 Å². The molecule has 3 heterocycles. The zero-order valence-electron chi connectivity index (χ0n) is 15.3. The van der Waals surface area contributed by atoms with Gasteiger partial charge in [-0.3, -0.25) is 4.90 Å². The molecule has 0 N–H and O–H groups in total. The van der Waals surface area contributed by atoms with Crippen molar-refractivity contribution in [3.8, 4) is 0 Å². The highest BCUT2D eigenvalue weighted by atomic mass is 35.5. The summed E-state index contributed by atoms with van der Waals surface area (Å²) in [5.41, 5.74) is 1.01. The van der Waals surface area contributed by atoms with E-state index in [1.54, 1.807) is 11.3 Å². The van der Waals surface area contributed by atoms with Crippen molar-refractivity contribution in [1.82, 2.24) is 20.0 Å². The van der Waals surface area contributed by atoms with Crippen LogP contribution in [-0.2, 0) is 0 Å². The standard InChI is InChI=1S/C19H23ClN4OS/c1-11(2)17-22-18(25-23-17)12(3)24-8-6-13(7-9-24)19-21-15-10-14(20)4-5-16(15)26-19/h4-5,10-13H,6-9H2,1-3H3. The van der Waals surface area contributed by atoms with Gasteiger partial charge in [0.2, 0.25) is 5.89 Å². The van der Waals surface area contributed by atoms with Crippen molar-refractivity contribution in [3.63, 3.8) is 0 Å². The summed E-state index contributed by atoms with van der Waals surface area (Å²) >= 11 is 7.88. The van der Waals surface area contributed by atoms with Crippen molar-refractivity contribution >= 4 is 33.2 Å². The van der Waals surface area contributed by atoms with Gasteiger partial charge < -0.3 is 4.52 Å². The Balaban J connectivity index is 1.42. The first-order chi connectivity index (χ1) is 12.5. The molecule has 1 unspecified atom stereocenters. The number of fused-ring (bicyclic) bond motifs is 1. The van der Waals surface area contributed by atoms with E-state index in [4.69, 9.17) is 21.1 Å². The maximum absolute atomic E-state index is 6.09. The van der Waals surface area contributed by atoms with Gasteiger partial charge >= 0.3 is 0 Å². The Hall–Kier alpha value is -1.50. The van der Waals surface area contributed by atoms with E-state index in [9.17, 15) is 0 Å². The monoisotopic (exact) mass is 390 g/mol. The third kappa shape index (κ3) is 3.50. The van der Waals surface area contributed by atoms with E-state index in [-0.39, 0.29) is 12.0 Å². The van der Waals surface area contributed by atoms with Crippen LogP contribution < -0.4 is 0 Å². The fraction of sp³-hybridized carbons (Fsp3) is 0.526. The fourth-order valence-corrected chi connectivity index (χ4v) is 4.72. The van der Waals surface area contributed by atoms with Crippen LogP contribution in [0.15, 0.2) is 22.7 Å². The van der Waals surface area contributed by atoms with Crippen molar-refractivity contribution in [2.24, 2.45) is 0 Å². The summed E-state index contributed by atoms with van der Waals surface area (Å²) in [7, 11) is 0. The summed E-state index contributed by atoms with van der Waals surface area (Å²) in [4.78, 5) is 11.8. The lowest BCUT2D eigenvalue weighted by Gasteiger charge is -2.33. The average molecular weight is 391 g/mol. The molecule has 0 aliphatic carbocycles. The predicted octanol–water partition coefficient (Wildman–Crippen LogP) is 5.40. The third-order valence-corrected chi connectivity index (χ3v) is 6.56. The minimum Gasteiger partial charge on any atom is -0.338 e. The largest absolute Gasteiger partial charge is 0.338 e. The third-order valence-electron chi connectivity index (χ3n) is 5.12. The van der Waals surface area contributed by atoms with Crippen LogP contribution in [0.5, 0.6) is 0 Å². The lowest BCUT2D eigenvalue weighted by Crippen LogP contribution is -2.35. The van der Waals surface area contributed by atoms with Gasteiger partial charge in [0, 0.05) is 16.9 Å². The lowest BCUT2D eigenvalue weighted by molar-refractivity contribution is 0.136. The maximum Gasteiger partial charge on any atom is 0.243 e. The van der Waals surface area contributed by atoms with E-state index in [1.807, 2.05) is 12.1 Å². The van der Waals surface area contributed by atoms with Gasteiger partial charge in [-0.2, -0.15) is 4.98 Å². The molecule has 1 saturated heterocycles. The molecule has 2 aromatic heterocycles. The molecule has 0 radical (unpaired) electrons. The van der Waals surface area contributed by atoms with E-state index in [0.29, 0.717) is 5.92 Å². The number of halogens is 1. The second kappa shape index (κ2) is 7.25. The number of likely N-dealkylation sites (tertiary alicyclic amines) is 1. The van der Waals surface area contributed by atoms with Crippen molar-refractivity contribution in [2.45, 2.75) is 51.5 Å². The first kappa shape index (κ1) is 17.9. The number of rotatable bonds is 4. The van der Waals surface area contributed by atoms with Gasteiger partial charge in [-0.1, -0.05) is 30.6 Å². The summed E-state index contributed by atoms with van der Waals surface area (Å²) in [5, 5.41) is 6.07. The summed E-state index contributed by atoms with van der Waals surface area (Å²) in [6.07, 6.45) is 2.20. The molecule has 4 rings (SSSR count). The summed E-state index contributed by atoms with van der Waals surface area (Å²) in [6.45, 7) is 8.34. The number of benzene rings is 1. The van der Waals surface area contributed by atoms with Gasteiger partial charge in [0.05, 0.1) is 21.3 Å². The van der Waals surface area contributed by atoms with Crippen LogP contribution in [0.2, 0.25) is 5.02 Å². The first-order valence-electron chi connectivity index (χ1n) is 9.15. The highest BCUT2D eigenvalue weighted by molar-refractivity contribution is 7.18. The SMILES string of the molecule is CC(C)c1noc(C(C)N2CCC(c3nc4cc(Cl)ccc4s3)CC2)n1. The smallest absolute Gasteiger partial charge is 0.243 e. The topological polar surface area (TPSA) is 55.1 Å². The van der Waals surface area contributed by atoms with Gasteiger partial charge in [-0.05, 0) is 51.1 Å². The zero-order valence-corrected chi connectivity index (χ0v) is 16.8. The Morgan fingerprint density at radius 1 is 1.19 bits per heavy atom. The average Bonchev–Trinajstić information content (AvgIpc) is 3.28. The molecule has 1 aliphatic rings. The van der Waals surface area contributed by atoms with Crippen LogP contribution in [0.4, 0.5) is 0 Å². The molecule has 26 heavy (non-hydrogen) atoms. The molecular weight excluding hydrogens is 368 g/mol. The van der Waals surface area contributed by atoms with Crippen LogP contribution in [-0.4, -0.2) is 33.1 Å². The Labute approximate surface area is 162 Å². The molecule has 1 aliphatic heterocycles. The minimum atomic E-state index is 0.158. The van der Waals surface area contributed by atoms with Crippen LogP contribution >= 0.6 is 22.9 Å². The van der Waals surface area contributed by atoms with Crippen LogP contribution in [0.3, 0.4) is 0 Å². The van der Waals surface area contributed by atoms with Crippen molar-refractivity contribution < 1.29 is 4.52 Å². The molecule has 3 aromatic rings. The minimum absolute atomic E-state index is 0.158. The molecular formula is C19H23ClN4OS. The van der Waals surface area contributed by atoms with E-state index >= 15 is 0 Å². The van der Waals surface area contributed by atoms with E-state index in [1.165, 1.54) is 9.71 Å². The fourth-order valence-electron chi connectivity index (χ4n) is 3.43. The van der Waals surface area contributed by atoms with Gasteiger partial charge in [0.25, 0.3) is 0 Å². The Bertz CT molecular complexity index is 898. The number of thiazole rings is 1. The first-order valence-corrected chi connectivity index (χ1v) is 10.3. The summed E-state index contributed by atoms with van der Waals surface area (Å²) in [6, 6.07) is 6.12. The van der Waals surface area contributed by atoms with Gasteiger partial charge in [-0.25, -0.2) is 4.98 Å². The molecule has 0 amide bonds. The van der Waals surface area contributed by atoms with Crippen LogP contribution in [0.25, 0.3) is 10.2 Å². The van der Waals surface area contributed by atoms with E-state index < -0.39 is 0 Å². The van der Waals surface area contributed by atoms with Crippen molar-refractivity contribution in [3.05, 3.63) is 39.9 Å². The maximum atomic E-state index is 6.09. The zero-order chi connectivity index (χ0) is 18.3. The lowest BCUT2D eigenvalue weighted by atomic mass is 9.96. The number of nitrogens with zero attached hydrogens (tertiary/aromatic N) is 4. The quantitative estimate of drug-likeness (QED) is 0.597. The molecule has 5 nitrogen and oxygen atoms in total. The van der Waals surface area contributed by atoms with E-state index in [2.05, 4.69) is 41.9 Å². The number of hydrogen-bond donors (Lipinski definition) is 0. The van der Waals surface area contributed by atoms with Gasteiger partial charge in [0.15, 0.2) is 5.82 Å². The molecule has 0 spiro atoms. The highest BCUT2D eigenvalue weighted by Gasteiger charge is 2.29. The number of piperidine rings is 1. The van der Waals surface area contributed by atoms with Crippen LogP contribution in [0, 0.1) is 0 Å². The molecule has 0 saturated carbocycles. The van der Waals surface area contributed by atoms with E-state index in [0.717, 1.165) is 48.2 Å². The Morgan fingerprint density at radius 3 is 2.65 bits per heavy atom. The normalized spacial score (nSPS) is 18.0. The number of aromatic nitrogens is 3. The van der Waals surface area contributed by atoms with Crippen LogP contribution in [0.1, 0.15) is 68.2 Å². The van der Waals surface area contributed by atoms with Gasteiger partial charge in [0.1, 0.15) is 0 Å². The highest BCUT2D eigenvalue weighted by Crippen LogP contribution is 2.36. The molecule has 138 valence electrons. The summed E-state index contributed by atoms with van der Waals surface area (Å²) in [5.74, 6) is 2.32. The molecule has 1 aromatic carbocycles. The molecule has 1 fully saturated rings. The van der Waals surface area contributed by atoms with Crippen molar-refractivity contribution in [1.29, 1.82) is 0 Å². The molecule has 1 atom stereocenters. The Morgan fingerprint density at radius 2 is 1.96 bits per heavy atom. The number of hydrogen-bond acceptors (Lipinski definition) is 6. The Kier molecular flexibility index (Phi) is 4.99. The predicted molar refractivity (Wildman–Crippen MR) is 105 cm³/mol. The second-order valence-corrected chi connectivity index (χ2v) is 8.79.